The number of nitrogens with one attached hydrogen (secondary N) is 1. The summed E-state index contributed by atoms with van der Waals surface area (Å²) in [6.07, 6.45) is 0.899. The number of rotatable bonds is 5. The molecule has 0 radical (unpaired) electrons. The maximum absolute atomic E-state index is 13.3. The summed E-state index contributed by atoms with van der Waals surface area (Å²) in [4.78, 5) is 19.5. The van der Waals surface area contributed by atoms with E-state index < -0.39 is 0 Å². The van der Waals surface area contributed by atoms with Crippen LogP contribution in [0.3, 0.4) is 0 Å². The zero-order valence-electron chi connectivity index (χ0n) is 17.0. The highest BCUT2D eigenvalue weighted by molar-refractivity contribution is 6.31. The lowest BCUT2D eigenvalue weighted by molar-refractivity contribution is 0.0786. The van der Waals surface area contributed by atoms with Gasteiger partial charge in [0.05, 0.1) is 0 Å². The van der Waals surface area contributed by atoms with E-state index in [0.717, 1.165) is 17.5 Å². The number of fused-ring (bicyclic) bond motifs is 1. The number of hydrogen-bond donors (Lipinski definition) is 1. The lowest BCUT2D eigenvalue weighted by Crippen LogP contribution is -2.30. The SMILES string of the molecule is Cc1onc(-c2ccccc2)c1C(=O)N1CCC(CNc2nc3ccc(Cl)cc3o2)C1. The Hall–Kier alpha value is -3.32. The van der Waals surface area contributed by atoms with Gasteiger partial charge in [0, 0.05) is 36.3 Å². The quantitative estimate of drug-likeness (QED) is 0.473. The number of carbonyl (C=O) groups excluding carboxylic acids is 1. The number of amides is 1. The Kier molecular flexibility index (Phi) is 5.11. The minimum atomic E-state index is -0.0448. The molecule has 7 nitrogen and oxygen atoms in total. The maximum Gasteiger partial charge on any atom is 0.295 e. The minimum absolute atomic E-state index is 0.0448. The minimum Gasteiger partial charge on any atom is -0.424 e. The molecule has 4 aromatic rings. The number of benzene rings is 2. The van der Waals surface area contributed by atoms with Gasteiger partial charge in [0.25, 0.3) is 11.9 Å². The molecule has 1 aliphatic rings. The third kappa shape index (κ3) is 3.88. The molecule has 0 bridgehead atoms. The van der Waals surface area contributed by atoms with Crippen molar-refractivity contribution in [2.75, 3.05) is 25.0 Å². The second-order valence-corrected chi connectivity index (χ2v) is 8.18. The number of aromatic nitrogens is 2. The number of oxazole rings is 1. The fourth-order valence-electron chi connectivity index (χ4n) is 3.96. The molecule has 2 aromatic heterocycles. The Labute approximate surface area is 184 Å². The van der Waals surface area contributed by atoms with E-state index in [-0.39, 0.29) is 5.91 Å². The van der Waals surface area contributed by atoms with Crippen LogP contribution in [0.1, 0.15) is 22.5 Å². The third-order valence-electron chi connectivity index (χ3n) is 5.59. The van der Waals surface area contributed by atoms with Crippen LogP contribution in [-0.4, -0.2) is 40.6 Å². The van der Waals surface area contributed by atoms with Gasteiger partial charge in [-0.25, -0.2) is 0 Å². The van der Waals surface area contributed by atoms with Gasteiger partial charge >= 0.3 is 0 Å². The topological polar surface area (TPSA) is 84.4 Å². The smallest absolute Gasteiger partial charge is 0.295 e. The molecule has 0 saturated carbocycles. The molecule has 1 N–H and O–H groups in total. The first kappa shape index (κ1) is 19.6. The normalized spacial score (nSPS) is 16.2. The van der Waals surface area contributed by atoms with Crippen molar-refractivity contribution in [1.29, 1.82) is 0 Å². The number of halogens is 1. The molecule has 3 heterocycles. The molecule has 1 aliphatic heterocycles. The second-order valence-electron chi connectivity index (χ2n) is 7.75. The number of nitrogens with zero attached hydrogens (tertiary/aromatic N) is 3. The fraction of sp³-hybridized carbons (Fsp3) is 0.261. The first-order valence-electron chi connectivity index (χ1n) is 10.2. The highest BCUT2D eigenvalue weighted by Crippen LogP contribution is 2.29. The summed E-state index contributed by atoms with van der Waals surface area (Å²) in [6, 6.07) is 15.5. The maximum atomic E-state index is 13.3. The molecule has 5 rings (SSSR count). The predicted octanol–water partition coefficient (Wildman–Crippen LogP) is 5.02. The van der Waals surface area contributed by atoms with Crippen molar-refractivity contribution in [2.24, 2.45) is 5.92 Å². The van der Waals surface area contributed by atoms with Crippen molar-refractivity contribution >= 4 is 34.6 Å². The van der Waals surface area contributed by atoms with Crippen LogP contribution < -0.4 is 5.32 Å². The lowest BCUT2D eigenvalue weighted by atomic mass is 10.1. The van der Waals surface area contributed by atoms with Gasteiger partial charge in [-0.15, -0.1) is 0 Å². The van der Waals surface area contributed by atoms with E-state index in [1.54, 1.807) is 19.1 Å². The molecule has 0 aliphatic carbocycles. The number of aryl methyl sites for hydroxylation is 1. The van der Waals surface area contributed by atoms with E-state index >= 15 is 0 Å². The molecule has 1 atom stereocenters. The number of anilines is 1. The van der Waals surface area contributed by atoms with Gasteiger partial charge in [-0.2, -0.15) is 4.98 Å². The average molecular weight is 437 g/mol. The summed E-state index contributed by atoms with van der Waals surface area (Å²) in [5.41, 5.74) is 3.41. The second kappa shape index (κ2) is 8.07. The van der Waals surface area contributed by atoms with E-state index in [0.29, 0.717) is 59.2 Å². The van der Waals surface area contributed by atoms with Gasteiger partial charge in [-0.1, -0.05) is 47.1 Å². The molecule has 8 heteroatoms. The Bertz CT molecular complexity index is 1230. The van der Waals surface area contributed by atoms with Gasteiger partial charge < -0.3 is 19.2 Å². The van der Waals surface area contributed by atoms with E-state index in [1.807, 2.05) is 41.3 Å². The molecule has 1 saturated heterocycles. The Morgan fingerprint density at radius 2 is 2.10 bits per heavy atom. The van der Waals surface area contributed by atoms with Gasteiger partial charge in [-0.05, 0) is 31.4 Å². The monoisotopic (exact) mass is 436 g/mol. The third-order valence-corrected chi connectivity index (χ3v) is 5.82. The van der Waals surface area contributed by atoms with Crippen LogP contribution in [0.2, 0.25) is 5.02 Å². The van der Waals surface area contributed by atoms with Crippen molar-refractivity contribution in [1.82, 2.24) is 15.0 Å². The molecule has 31 heavy (non-hydrogen) atoms. The van der Waals surface area contributed by atoms with Gasteiger partial charge in [0.1, 0.15) is 22.5 Å². The number of likely N-dealkylation sites (tertiary alicyclic amines) is 1. The largest absolute Gasteiger partial charge is 0.424 e. The zero-order valence-corrected chi connectivity index (χ0v) is 17.7. The zero-order chi connectivity index (χ0) is 21.4. The van der Waals surface area contributed by atoms with Crippen LogP contribution in [-0.2, 0) is 0 Å². The van der Waals surface area contributed by atoms with E-state index in [2.05, 4.69) is 15.5 Å². The lowest BCUT2D eigenvalue weighted by Gasteiger charge is -2.17. The van der Waals surface area contributed by atoms with Crippen LogP contribution in [0.5, 0.6) is 0 Å². The van der Waals surface area contributed by atoms with Crippen molar-refractivity contribution in [3.05, 3.63) is 64.9 Å². The summed E-state index contributed by atoms with van der Waals surface area (Å²) in [6.45, 7) is 3.78. The molecule has 1 amide bonds. The van der Waals surface area contributed by atoms with Crippen LogP contribution in [0.4, 0.5) is 6.01 Å². The first-order chi connectivity index (χ1) is 15.1. The Morgan fingerprint density at radius 1 is 1.26 bits per heavy atom. The van der Waals surface area contributed by atoms with Crippen LogP contribution in [0.25, 0.3) is 22.4 Å². The van der Waals surface area contributed by atoms with Crippen molar-refractivity contribution in [3.63, 3.8) is 0 Å². The van der Waals surface area contributed by atoms with E-state index in [9.17, 15) is 4.79 Å². The first-order valence-corrected chi connectivity index (χ1v) is 10.6. The predicted molar refractivity (Wildman–Crippen MR) is 118 cm³/mol. The van der Waals surface area contributed by atoms with Crippen molar-refractivity contribution < 1.29 is 13.7 Å². The fourth-order valence-corrected chi connectivity index (χ4v) is 4.13. The summed E-state index contributed by atoms with van der Waals surface area (Å²) in [5, 5.41) is 7.99. The molecule has 0 spiro atoms. The van der Waals surface area contributed by atoms with E-state index in [4.69, 9.17) is 20.5 Å². The van der Waals surface area contributed by atoms with Crippen molar-refractivity contribution in [3.8, 4) is 11.3 Å². The van der Waals surface area contributed by atoms with Crippen LogP contribution in [0, 0.1) is 12.8 Å². The molecule has 158 valence electrons. The highest BCUT2D eigenvalue weighted by Gasteiger charge is 2.31. The summed E-state index contributed by atoms with van der Waals surface area (Å²) < 4.78 is 11.1. The van der Waals surface area contributed by atoms with Gasteiger partial charge in [0.2, 0.25) is 0 Å². The molecule has 2 aromatic carbocycles. The molecular formula is C23H21ClN4O3. The standard InChI is InChI=1S/C23H21ClN4O3/c1-14-20(21(27-31-14)16-5-3-2-4-6-16)22(29)28-10-9-15(13-28)12-25-23-26-18-8-7-17(24)11-19(18)30-23/h2-8,11,15H,9-10,12-13H2,1H3,(H,25,26). The summed E-state index contributed by atoms with van der Waals surface area (Å²) in [7, 11) is 0. The molecule has 1 unspecified atom stereocenters. The Balaban J connectivity index is 1.25. The highest BCUT2D eigenvalue weighted by atomic mass is 35.5. The van der Waals surface area contributed by atoms with Crippen LogP contribution in [0.15, 0.2) is 57.5 Å². The summed E-state index contributed by atoms with van der Waals surface area (Å²) >= 11 is 6.00. The van der Waals surface area contributed by atoms with Crippen molar-refractivity contribution in [2.45, 2.75) is 13.3 Å². The van der Waals surface area contributed by atoms with E-state index in [1.165, 1.54) is 0 Å². The Morgan fingerprint density at radius 3 is 2.94 bits per heavy atom. The molecular weight excluding hydrogens is 416 g/mol. The van der Waals surface area contributed by atoms with Gasteiger partial charge in [0.15, 0.2) is 5.58 Å². The van der Waals surface area contributed by atoms with Gasteiger partial charge in [-0.3, -0.25) is 4.79 Å². The summed E-state index contributed by atoms with van der Waals surface area (Å²) in [5.74, 6) is 0.787. The molecule has 1 fully saturated rings. The number of hydrogen-bond acceptors (Lipinski definition) is 6. The number of carbonyl (C=O) groups is 1. The van der Waals surface area contributed by atoms with Crippen LogP contribution >= 0.6 is 11.6 Å². The average Bonchev–Trinajstić information content (AvgIpc) is 3.50.